The molecule has 0 saturated heterocycles. The van der Waals surface area contributed by atoms with E-state index in [1.165, 1.54) is 0 Å². The Kier molecular flexibility index (Phi) is 6.54. The van der Waals surface area contributed by atoms with Gasteiger partial charge in [-0.1, -0.05) is 13.8 Å². The van der Waals surface area contributed by atoms with Gasteiger partial charge in [-0.05, 0) is 20.0 Å². The molecule has 4 nitrogen and oxygen atoms in total. The first-order valence-corrected chi connectivity index (χ1v) is 4.62. The van der Waals surface area contributed by atoms with Crippen molar-refractivity contribution in [1.82, 2.24) is 4.90 Å². The van der Waals surface area contributed by atoms with Crippen LogP contribution in [0.2, 0.25) is 0 Å². The van der Waals surface area contributed by atoms with Gasteiger partial charge in [-0.15, -0.1) is 0 Å². The lowest BCUT2D eigenvalue weighted by Crippen LogP contribution is -2.31. The highest BCUT2D eigenvalue weighted by Crippen LogP contribution is 2.00. The van der Waals surface area contributed by atoms with Crippen LogP contribution < -0.4 is 0 Å². The van der Waals surface area contributed by atoms with Gasteiger partial charge in [0, 0.05) is 6.54 Å². The van der Waals surface area contributed by atoms with E-state index < -0.39 is 5.97 Å². The van der Waals surface area contributed by atoms with Crippen molar-refractivity contribution in [3.8, 4) is 0 Å². The number of carbonyl (C=O) groups is 1. The van der Waals surface area contributed by atoms with E-state index in [-0.39, 0.29) is 12.7 Å². The molecule has 0 bridgehead atoms. The Labute approximate surface area is 79.5 Å². The van der Waals surface area contributed by atoms with Crippen LogP contribution in [-0.4, -0.2) is 48.8 Å². The molecule has 4 heteroatoms. The second-order valence-electron chi connectivity index (χ2n) is 3.09. The first-order chi connectivity index (χ1) is 6.10. The average molecular weight is 189 g/mol. The maximum atomic E-state index is 10.2. The molecule has 1 atom stereocenters. The van der Waals surface area contributed by atoms with Crippen molar-refractivity contribution < 1.29 is 14.6 Å². The van der Waals surface area contributed by atoms with Gasteiger partial charge < -0.3 is 14.7 Å². The van der Waals surface area contributed by atoms with Crippen LogP contribution in [0.25, 0.3) is 0 Å². The van der Waals surface area contributed by atoms with Crippen LogP contribution in [0, 0.1) is 0 Å². The monoisotopic (exact) mass is 189 g/mol. The van der Waals surface area contributed by atoms with Crippen molar-refractivity contribution >= 4 is 5.97 Å². The number of ether oxygens (including phenoxy) is 1. The summed E-state index contributed by atoms with van der Waals surface area (Å²) < 4.78 is 5.18. The Balaban J connectivity index is 3.68. The average Bonchev–Trinajstić information content (AvgIpc) is 2.11. The lowest BCUT2D eigenvalue weighted by Gasteiger charge is -2.21. The second-order valence-corrected chi connectivity index (χ2v) is 3.09. The number of carboxylic acids is 1. The topological polar surface area (TPSA) is 49.8 Å². The van der Waals surface area contributed by atoms with Gasteiger partial charge in [0.05, 0.1) is 6.10 Å². The van der Waals surface area contributed by atoms with Gasteiger partial charge in [0.2, 0.25) is 0 Å². The van der Waals surface area contributed by atoms with Crippen LogP contribution in [0.5, 0.6) is 0 Å². The Bertz CT molecular complexity index is 150. The molecule has 1 N–H and O–H groups in total. The number of hydrogen-bond acceptors (Lipinski definition) is 3. The third-order valence-corrected chi connectivity index (χ3v) is 1.95. The van der Waals surface area contributed by atoms with Gasteiger partial charge in [0.25, 0.3) is 0 Å². The first-order valence-electron chi connectivity index (χ1n) is 4.62. The number of hydrogen-bond donors (Lipinski definition) is 1. The summed E-state index contributed by atoms with van der Waals surface area (Å²) in [5.74, 6) is -0.905. The second kappa shape index (κ2) is 6.86. The predicted molar refractivity (Wildman–Crippen MR) is 50.8 cm³/mol. The fourth-order valence-electron chi connectivity index (χ4n) is 0.966. The quantitative estimate of drug-likeness (QED) is 0.644. The van der Waals surface area contributed by atoms with E-state index in [1.54, 1.807) is 0 Å². The molecule has 0 fully saturated rings. The smallest absolute Gasteiger partial charge is 0.329 e. The lowest BCUT2D eigenvalue weighted by molar-refractivity contribution is -0.144. The number of rotatable bonds is 7. The highest BCUT2D eigenvalue weighted by molar-refractivity contribution is 5.68. The number of carboxylic acid groups (broad SMARTS) is 1. The largest absolute Gasteiger partial charge is 0.480 e. The molecule has 78 valence electrons. The van der Waals surface area contributed by atoms with E-state index in [4.69, 9.17) is 9.84 Å². The summed E-state index contributed by atoms with van der Waals surface area (Å²) >= 11 is 0. The van der Waals surface area contributed by atoms with Gasteiger partial charge in [-0.2, -0.15) is 0 Å². The van der Waals surface area contributed by atoms with E-state index in [1.807, 2.05) is 14.0 Å². The maximum absolute atomic E-state index is 10.2. The van der Waals surface area contributed by atoms with Crippen LogP contribution in [0.15, 0.2) is 0 Å². The minimum absolute atomic E-state index is 0.0287. The normalized spacial score (nSPS) is 13.2. The molecule has 0 saturated carbocycles. The molecular weight excluding hydrogens is 170 g/mol. The van der Waals surface area contributed by atoms with Gasteiger partial charge in [-0.25, -0.2) is 4.79 Å². The lowest BCUT2D eigenvalue weighted by atomic mass is 10.2. The number of aliphatic carboxylic acids is 1. The summed E-state index contributed by atoms with van der Waals surface area (Å²) in [5.41, 5.74) is 0. The van der Waals surface area contributed by atoms with E-state index >= 15 is 0 Å². The van der Waals surface area contributed by atoms with Crippen molar-refractivity contribution in [3.05, 3.63) is 0 Å². The summed E-state index contributed by atoms with van der Waals surface area (Å²) in [6, 6.07) is 0. The van der Waals surface area contributed by atoms with Crippen molar-refractivity contribution in [2.45, 2.75) is 26.4 Å². The summed E-state index contributed by atoms with van der Waals surface area (Å²) in [6.07, 6.45) is 0.874. The van der Waals surface area contributed by atoms with Crippen molar-refractivity contribution in [2.24, 2.45) is 0 Å². The highest BCUT2D eigenvalue weighted by Gasteiger charge is 2.10. The molecule has 0 aliphatic rings. The molecule has 0 aromatic carbocycles. The van der Waals surface area contributed by atoms with Gasteiger partial charge >= 0.3 is 5.97 Å². The molecule has 1 unspecified atom stereocenters. The first kappa shape index (κ1) is 12.4. The third-order valence-electron chi connectivity index (χ3n) is 1.95. The van der Waals surface area contributed by atoms with Crippen LogP contribution >= 0.6 is 0 Å². The van der Waals surface area contributed by atoms with E-state index in [0.29, 0.717) is 0 Å². The Morgan fingerprint density at radius 2 is 2.15 bits per heavy atom. The molecular formula is C9H19NO3. The predicted octanol–water partition coefficient (Wildman–Crippen LogP) is 0.818. The third kappa shape index (κ3) is 6.54. The molecule has 0 aromatic rings. The molecule has 0 aliphatic carbocycles. The SMILES string of the molecule is CCC(CN(C)CC)OCC(=O)O. The van der Waals surface area contributed by atoms with Crippen LogP contribution in [-0.2, 0) is 9.53 Å². The number of nitrogens with zero attached hydrogens (tertiary/aromatic N) is 1. The van der Waals surface area contributed by atoms with Gasteiger partial charge in [0.1, 0.15) is 6.61 Å². The zero-order valence-electron chi connectivity index (χ0n) is 8.62. The van der Waals surface area contributed by atoms with Crippen molar-refractivity contribution in [2.75, 3.05) is 26.7 Å². The summed E-state index contributed by atoms with van der Waals surface area (Å²) in [7, 11) is 1.99. The summed E-state index contributed by atoms with van der Waals surface area (Å²) in [4.78, 5) is 12.3. The number of likely N-dealkylation sites (N-methyl/N-ethyl adjacent to an activating group) is 1. The van der Waals surface area contributed by atoms with Crippen LogP contribution in [0.4, 0.5) is 0 Å². The van der Waals surface area contributed by atoms with E-state index in [9.17, 15) is 4.79 Å². The Morgan fingerprint density at radius 3 is 2.54 bits per heavy atom. The molecule has 0 aliphatic heterocycles. The fraction of sp³-hybridized carbons (Fsp3) is 0.889. The molecule has 0 radical (unpaired) electrons. The fourth-order valence-corrected chi connectivity index (χ4v) is 0.966. The van der Waals surface area contributed by atoms with Crippen LogP contribution in [0.3, 0.4) is 0 Å². The Hall–Kier alpha value is -0.610. The van der Waals surface area contributed by atoms with Crippen molar-refractivity contribution in [1.29, 1.82) is 0 Å². The van der Waals surface area contributed by atoms with E-state index in [0.717, 1.165) is 19.5 Å². The summed E-state index contributed by atoms with van der Waals surface area (Å²) in [5, 5.41) is 8.41. The summed E-state index contributed by atoms with van der Waals surface area (Å²) in [6.45, 7) is 5.60. The molecule has 0 amide bonds. The highest BCUT2D eigenvalue weighted by atomic mass is 16.5. The molecule has 13 heavy (non-hydrogen) atoms. The minimum atomic E-state index is -0.905. The zero-order chi connectivity index (χ0) is 10.3. The minimum Gasteiger partial charge on any atom is -0.480 e. The molecule has 0 rings (SSSR count). The zero-order valence-corrected chi connectivity index (χ0v) is 8.62. The molecule has 0 spiro atoms. The maximum Gasteiger partial charge on any atom is 0.329 e. The van der Waals surface area contributed by atoms with Gasteiger partial charge in [-0.3, -0.25) is 0 Å². The molecule has 0 aromatic heterocycles. The van der Waals surface area contributed by atoms with Crippen molar-refractivity contribution in [3.63, 3.8) is 0 Å². The molecule has 0 heterocycles. The van der Waals surface area contributed by atoms with Crippen LogP contribution in [0.1, 0.15) is 20.3 Å². The standard InChI is InChI=1S/C9H19NO3/c1-4-8(6-10(3)5-2)13-7-9(11)12/h8H,4-7H2,1-3H3,(H,11,12). The van der Waals surface area contributed by atoms with E-state index in [2.05, 4.69) is 11.8 Å². The van der Waals surface area contributed by atoms with Gasteiger partial charge in [0.15, 0.2) is 0 Å². The Morgan fingerprint density at radius 1 is 1.54 bits per heavy atom.